The number of nitrogens with two attached hydrogens (primary N) is 1. The monoisotopic (exact) mass is 268 g/mol. The van der Waals surface area contributed by atoms with Gasteiger partial charge in [0.25, 0.3) is 5.91 Å². The van der Waals surface area contributed by atoms with Crippen molar-refractivity contribution in [1.82, 2.24) is 4.90 Å². The zero-order valence-electron chi connectivity index (χ0n) is 10.5. The van der Waals surface area contributed by atoms with E-state index in [1.165, 1.54) is 18.2 Å². The van der Waals surface area contributed by atoms with Crippen LogP contribution in [0.1, 0.15) is 24.2 Å². The van der Waals surface area contributed by atoms with Gasteiger partial charge in [-0.25, -0.2) is 4.39 Å². The van der Waals surface area contributed by atoms with Crippen molar-refractivity contribution < 1.29 is 9.18 Å². The van der Waals surface area contributed by atoms with E-state index in [-0.39, 0.29) is 11.6 Å². The number of carbonyl (C=O) groups excluding carboxylic acids is 1. The van der Waals surface area contributed by atoms with Gasteiger partial charge in [0.1, 0.15) is 5.82 Å². The lowest BCUT2D eigenvalue weighted by atomic mass is 10.1. The van der Waals surface area contributed by atoms with E-state index in [0.717, 1.165) is 0 Å². The highest BCUT2D eigenvalue weighted by Gasteiger charge is 2.27. The number of thioether (sulfide) groups is 1. The number of carbonyl (C=O) groups is 1. The predicted octanol–water partition coefficient (Wildman–Crippen LogP) is 2.37. The number of nitrogens with zero attached hydrogens (tertiary/aromatic N) is 1. The van der Waals surface area contributed by atoms with E-state index in [9.17, 15) is 9.18 Å². The Labute approximate surface area is 111 Å². The van der Waals surface area contributed by atoms with Crippen LogP contribution in [0, 0.1) is 5.82 Å². The molecule has 0 radical (unpaired) electrons. The van der Waals surface area contributed by atoms with Gasteiger partial charge in [-0.15, -0.1) is 0 Å². The molecule has 1 amide bonds. The average Bonchev–Trinajstić information content (AvgIpc) is 2.26. The molecule has 0 aliphatic carbocycles. The summed E-state index contributed by atoms with van der Waals surface area (Å²) in [5.74, 6) is -0.522. The summed E-state index contributed by atoms with van der Waals surface area (Å²) in [5.41, 5.74) is 6.30. The van der Waals surface area contributed by atoms with Crippen molar-refractivity contribution in [3.8, 4) is 0 Å². The number of nitrogen functional groups attached to an aromatic ring is 1. The van der Waals surface area contributed by atoms with E-state index in [1.54, 1.807) is 4.90 Å². The summed E-state index contributed by atoms with van der Waals surface area (Å²) < 4.78 is 13.0. The molecule has 0 saturated carbocycles. The fourth-order valence-electron chi connectivity index (χ4n) is 2.24. The molecule has 1 aromatic rings. The first-order valence-electron chi connectivity index (χ1n) is 5.97. The van der Waals surface area contributed by atoms with Gasteiger partial charge in [-0.05, 0) is 18.2 Å². The molecule has 3 nitrogen and oxygen atoms in total. The van der Waals surface area contributed by atoms with E-state index >= 15 is 0 Å². The van der Waals surface area contributed by atoms with Crippen LogP contribution < -0.4 is 5.73 Å². The highest BCUT2D eigenvalue weighted by Crippen LogP contribution is 2.26. The summed E-state index contributed by atoms with van der Waals surface area (Å²) in [4.78, 5) is 14.1. The molecule has 2 unspecified atom stereocenters. The minimum absolute atomic E-state index is 0.105. The Balaban J connectivity index is 2.20. The van der Waals surface area contributed by atoms with Crippen LogP contribution in [-0.2, 0) is 0 Å². The maximum Gasteiger partial charge on any atom is 0.256 e. The lowest BCUT2D eigenvalue weighted by Crippen LogP contribution is -2.44. The third-order valence-corrected chi connectivity index (χ3v) is 4.18. The molecular formula is C13H17FN2OS. The summed E-state index contributed by atoms with van der Waals surface area (Å²) in [5, 5.41) is 0.832. The molecule has 1 fully saturated rings. The number of amides is 1. The molecule has 1 aliphatic heterocycles. The normalized spacial score (nSPS) is 24.1. The molecule has 2 N–H and O–H groups in total. The van der Waals surface area contributed by atoms with Crippen LogP contribution in [0.15, 0.2) is 18.2 Å². The minimum atomic E-state index is -0.417. The van der Waals surface area contributed by atoms with Gasteiger partial charge >= 0.3 is 0 Å². The largest absolute Gasteiger partial charge is 0.398 e. The highest BCUT2D eigenvalue weighted by molar-refractivity contribution is 8.00. The molecule has 2 rings (SSSR count). The molecular weight excluding hydrogens is 251 g/mol. The summed E-state index contributed by atoms with van der Waals surface area (Å²) in [6, 6.07) is 3.93. The lowest BCUT2D eigenvalue weighted by Gasteiger charge is -2.34. The topological polar surface area (TPSA) is 46.3 Å². The van der Waals surface area contributed by atoms with Crippen LogP contribution in [0.4, 0.5) is 10.1 Å². The maximum atomic E-state index is 13.0. The number of anilines is 1. The van der Waals surface area contributed by atoms with Gasteiger partial charge < -0.3 is 10.6 Å². The van der Waals surface area contributed by atoms with E-state index in [4.69, 9.17) is 5.73 Å². The van der Waals surface area contributed by atoms with Crippen LogP contribution in [0.2, 0.25) is 0 Å². The van der Waals surface area contributed by atoms with E-state index in [1.807, 2.05) is 11.8 Å². The van der Waals surface area contributed by atoms with E-state index in [2.05, 4.69) is 13.8 Å². The van der Waals surface area contributed by atoms with Crippen molar-refractivity contribution in [3.05, 3.63) is 29.6 Å². The fraction of sp³-hybridized carbons (Fsp3) is 0.462. The van der Waals surface area contributed by atoms with E-state index in [0.29, 0.717) is 29.2 Å². The van der Waals surface area contributed by atoms with Crippen LogP contribution >= 0.6 is 11.8 Å². The average molecular weight is 268 g/mol. The third kappa shape index (κ3) is 2.77. The molecule has 0 aromatic heterocycles. The van der Waals surface area contributed by atoms with E-state index < -0.39 is 5.82 Å². The smallest absolute Gasteiger partial charge is 0.256 e. The van der Waals surface area contributed by atoms with Gasteiger partial charge in [-0.3, -0.25) is 4.79 Å². The standard InChI is InChI=1S/C13H17FN2OS/c1-8-6-16(7-9(2)18-8)13(17)11-4-3-10(14)5-12(11)15/h3-5,8-9H,6-7,15H2,1-2H3. The molecule has 1 heterocycles. The quantitative estimate of drug-likeness (QED) is 0.795. The molecule has 1 aromatic carbocycles. The Morgan fingerprint density at radius 2 is 2.00 bits per heavy atom. The van der Waals surface area contributed by atoms with Crippen LogP contribution in [0.3, 0.4) is 0 Å². The Hall–Kier alpha value is -1.23. The lowest BCUT2D eigenvalue weighted by molar-refractivity contribution is 0.0754. The summed E-state index contributed by atoms with van der Waals surface area (Å²) >= 11 is 1.88. The number of hydrogen-bond donors (Lipinski definition) is 1. The highest BCUT2D eigenvalue weighted by atomic mass is 32.2. The maximum absolute atomic E-state index is 13.0. The van der Waals surface area contributed by atoms with Crippen LogP contribution in [0.25, 0.3) is 0 Å². The van der Waals surface area contributed by atoms with Gasteiger partial charge in [-0.2, -0.15) is 11.8 Å². The molecule has 0 bridgehead atoms. The third-order valence-electron chi connectivity index (χ3n) is 2.95. The van der Waals surface area contributed by atoms with Crippen molar-refractivity contribution >= 4 is 23.4 Å². The summed E-state index contributed by atoms with van der Waals surface area (Å²) in [6.45, 7) is 5.64. The van der Waals surface area contributed by atoms with Gasteiger partial charge in [0, 0.05) is 29.3 Å². The van der Waals surface area contributed by atoms with Crippen molar-refractivity contribution in [2.24, 2.45) is 0 Å². The zero-order valence-corrected chi connectivity index (χ0v) is 11.3. The molecule has 0 spiro atoms. The zero-order chi connectivity index (χ0) is 13.3. The molecule has 1 aliphatic rings. The van der Waals surface area contributed by atoms with Gasteiger partial charge in [0.15, 0.2) is 0 Å². The number of hydrogen-bond acceptors (Lipinski definition) is 3. The summed E-state index contributed by atoms with van der Waals surface area (Å²) in [6.07, 6.45) is 0. The first-order valence-corrected chi connectivity index (χ1v) is 6.91. The fourth-order valence-corrected chi connectivity index (χ4v) is 3.57. The minimum Gasteiger partial charge on any atom is -0.398 e. The first kappa shape index (κ1) is 13.2. The van der Waals surface area contributed by atoms with Crippen molar-refractivity contribution in [3.63, 3.8) is 0 Å². The molecule has 1 saturated heterocycles. The Morgan fingerprint density at radius 1 is 1.39 bits per heavy atom. The Kier molecular flexibility index (Phi) is 3.80. The van der Waals surface area contributed by atoms with Crippen LogP contribution in [0.5, 0.6) is 0 Å². The van der Waals surface area contributed by atoms with Gasteiger partial charge in [0.2, 0.25) is 0 Å². The van der Waals surface area contributed by atoms with Crippen molar-refractivity contribution in [1.29, 1.82) is 0 Å². The van der Waals surface area contributed by atoms with Gasteiger partial charge in [0.05, 0.1) is 5.56 Å². The molecule has 98 valence electrons. The second kappa shape index (κ2) is 5.18. The first-order chi connectivity index (χ1) is 8.47. The second-order valence-corrected chi connectivity index (χ2v) is 6.58. The second-order valence-electron chi connectivity index (χ2n) is 4.70. The van der Waals surface area contributed by atoms with Gasteiger partial charge in [-0.1, -0.05) is 13.8 Å². The predicted molar refractivity (Wildman–Crippen MR) is 73.2 cm³/mol. The van der Waals surface area contributed by atoms with Crippen molar-refractivity contribution in [2.75, 3.05) is 18.8 Å². The van der Waals surface area contributed by atoms with Crippen molar-refractivity contribution in [2.45, 2.75) is 24.3 Å². The SMILES string of the molecule is CC1CN(C(=O)c2ccc(F)cc2N)CC(C)S1. The molecule has 2 atom stereocenters. The summed E-state index contributed by atoms with van der Waals surface area (Å²) in [7, 11) is 0. The molecule has 18 heavy (non-hydrogen) atoms. The number of halogens is 1. The Morgan fingerprint density at radius 3 is 2.56 bits per heavy atom. The number of rotatable bonds is 1. The molecule has 5 heteroatoms. The number of benzene rings is 1. The van der Waals surface area contributed by atoms with Crippen LogP contribution in [-0.4, -0.2) is 34.4 Å². The Bertz CT molecular complexity index is 456.